The van der Waals surface area contributed by atoms with Crippen LogP contribution in [0.1, 0.15) is 5.56 Å². The van der Waals surface area contributed by atoms with E-state index in [1.165, 1.54) is 28.6 Å². The van der Waals surface area contributed by atoms with E-state index in [1.807, 2.05) is 6.07 Å². The number of nitrogens with zero attached hydrogens (tertiary/aromatic N) is 3. The molecule has 0 aliphatic carbocycles. The summed E-state index contributed by atoms with van der Waals surface area (Å²) >= 11 is 13.4. The molecule has 0 saturated carbocycles. The van der Waals surface area contributed by atoms with Crippen LogP contribution in [-0.2, 0) is 5.75 Å². The lowest BCUT2D eigenvalue weighted by molar-refractivity contribution is -0.0498. The number of nitrogen functional groups attached to an aromatic ring is 1. The molecule has 0 bridgehead atoms. The highest BCUT2D eigenvalue weighted by molar-refractivity contribution is 7.98. The van der Waals surface area contributed by atoms with Gasteiger partial charge >= 0.3 is 6.61 Å². The number of hydrogen-bond donors (Lipinski definition) is 1. The van der Waals surface area contributed by atoms with Crippen molar-refractivity contribution in [3.05, 3.63) is 58.1 Å². The fraction of sp³-hybridized carbons (Fsp3) is 0.125. The fourth-order valence-corrected chi connectivity index (χ4v) is 3.55. The third kappa shape index (κ3) is 4.38. The predicted octanol–water partition coefficient (Wildman–Crippen LogP) is 4.86. The Hall–Kier alpha value is -2.03. The number of benzene rings is 2. The van der Waals surface area contributed by atoms with E-state index in [2.05, 4.69) is 14.9 Å². The van der Waals surface area contributed by atoms with Gasteiger partial charge in [-0.1, -0.05) is 41.0 Å². The van der Waals surface area contributed by atoms with Gasteiger partial charge in [0.2, 0.25) is 5.16 Å². The predicted molar refractivity (Wildman–Crippen MR) is 98.3 cm³/mol. The van der Waals surface area contributed by atoms with Crippen LogP contribution in [0.2, 0.25) is 10.0 Å². The van der Waals surface area contributed by atoms with Gasteiger partial charge in [-0.15, -0.1) is 10.2 Å². The average Bonchev–Trinajstić information content (AvgIpc) is 2.95. The van der Waals surface area contributed by atoms with E-state index in [9.17, 15) is 8.78 Å². The maximum atomic E-state index is 12.2. The molecule has 2 N–H and O–H groups in total. The van der Waals surface area contributed by atoms with Crippen LogP contribution in [0.4, 0.5) is 8.78 Å². The first-order valence-corrected chi connectivity index (χ1v) is 9.00. The first-order valence-electron chi connectivity index (χ1n) is 7.26. The van der Waals surface area contributed by atoms with Crippen LogP contribution >= 0.6 is 35.0 Å². The minimum Gasteiger partial charge on any atom is -0.435 e. The summed E-state index contributed by atoms with van der Waals surface area (Å²) in [5.41, 5.74) is 1.51. The molecule has 136 valence electrons. The summed E-state index contributed by atoms with van der Waals surface area (Å²) in [5, 5.41) is 9.71. The number of alkyl halides is 2. The monoisotopic (exact) mass is 416 g/mol. The molecule has 0 atom stereocenters. The molecule has 10 heteroatoms. The van der Waals surface area contributed by atoms with Crippen molar-refractivity contribution in [3.63, 3.8) is 0 Å². The zero-order valence-corrected chi connectivity index (χ0v) is 15.4. The van der Waals surface area contributed by atoms with Crippen molar-refractivity contribution in [1.82, 2.24) is 14.9 Å². The zero-order valence-electron chi connectivity index (χ0n) is 13.1. The molecule has 1 aromatic heterocycles. The Morgan fingerprint density at radius 1 is 1.12 bits per heavy atom. The third-order valence-electron chi connectivity index (χ3n) is 3.37. The Kier molecular flexibility index (Phi) is 5.85. The van der Waals surface area contributed by atoms with E-state index >= 15 is 0 Å². The van der Waals surface area contributed by atoms with Crippen molar-refractivity contribution >= 4 is 35.0 Å². The summed E-state index contributed by atoms with van der Waals surface area (Å²) in [4.78, 5) is 0. The van der Waals surface area contributed by atoms with Crippen molar-refractivity contribution in [3.8, 4) is 17.1 Å². The Balaban J connectivity index is 1.73. The molecular formula is C16H12Cl2F2N4OS. The Morgan fingerprint density at radius 2 is 1.85 bits per heavy atom. The minimum atomic E-state index is -2.87. The van der Waals surface area contributed by atoms with Crippen LogP contribution in [0.3, 0.4) is 0 Å². The molecule has 0 fully saturated rings. The molecule has 0 saturated heterocycles. The second-order valence-electron chi connectivity index (χ2n) is 5.10. The molecule has 3 aromatic rings. The molecule has 0 unspecified atom stereocenters. The van der Waals surface area contributed by atoms with Crippen molar-refractivity contribution in [2.24, 2.45) is 0 Å². The third-order valence-corrected chi connectivity index (χ3v) is 4.95. The van der Waals surface area contributed by atoms with E-state index in [-0.39, 0.29) is 5.75 Å². The van der Waals surface area contributed by atoms with Gasteiger partial charge in [-0.3, -0.25) is 0 Å². The molecule has 3 rings (SSSR count). The number of aromatic nitrogens is 3. The molecule has 0 radical (unpaired) electrons. The van der Waals surface area contributed by atoms with Crippen LogP contribution in [0.5, 0.6) is 5.75 Å². The van der Waals surface area contributed by atoms with Crippen molar-refractivity contribution in [1.29, 1.82) is 0 Å². The number of halogens is 4. The van der Waals surface area contributed by atoms with Gasteiger partial charge in [0.25, 0.3) is 0 Å². The Labute approximate surface area is 162 Å². The molecular weight excluding hydrogens is 405 g/mol. The van der Waals surface area contributed by atoms with Crippen molar-refractivity contribution in [2.45, 2.75) is 17.5 Å². The van der Waals surface area contributed by atoms with Gasteiger partial charge in [0.05, 0.1) is 0 Å². The fourth-order valence-electron chi connectivity index (χ4n) is 2.14. The van der Waals surface area contributed by atoms with Gasteiger partial charge < -0.3 is 10.6 Å². The summed E-state index contributed by atoms with van der Waals surface area (Å²) in [6.07, 6.45) is 0. The Bertz CT molecular complexity index is 906. The number of nitrogens with two attached hydrogens (primary N) is 1. The summed E-state index contributed by atoms with van der Waals surface area (Å²) < 4.78 is 30.0. The largest absolute Gasteiger partial charge is 0.435 e. The van der Waals surface area contributed by atoms with Crippen LogP contribution in [-0.4, -0.2) is 21.5 Å². The average molecular weight is 417 g/mol. The van der Waals surface area contributed by atoms with Crippen molar-refractivity contribution < 1.29 is 13.5 Å². The first-order chi connectivity index (χ1) is 12.4. The van der Waals surface area contributed by atoms with Crippen LogP contribution in [0, 0.1) is 0 Å². The standard InChI is InChI=1S/C16H12Cl2F2N4OS/c17-11-4-1-10(13(18)7-11)8-26-16-23-22-14(24(16)21)9-2-5-12(6-3-9)25-15(19)20/h1-7,15H,8,21H2. The smallest absolute Gasteiger partial charge is 0.387 e. The maximum Gasteiger partial charge on any atom is 0.387 e. The lowest BCUT2D eigenvalue weighted by atomic mass is 10.2. The first kappa shape index (κ1) is 18.8. The highest BCUT2D eigenvalue weighted by Gasteiger charge is 2.14. The van der Waals surface area contributed by atoms with Crippen LogP contribution in [0.15, 0.2) is 47.6 Å². The highest BCUT2D eigenvalue weighted by atomic mass is 35.5. The molecule has 1 heterocycles. The topological polar surface area (TPSA) is 66.0 Å². The molecule has 2 aromatic carbocycles. The second-order valence-corrected chi connectivity index (χ2v) is 6.89. The van der Waals surface area contributed by atoms with Gasteiger partial charge in [-0.05, 0) is 42.0 Å². The molecule has 5 nitrogen and oxygen atoms in total. The van der Waals surface area contributed by atoms with Crippen LogP contribution in [0.25, 0.3) is 11.4 Å². The van der Waals surface area contributed by atoms with E-state index in [0.717, 1.165) is 5.56 Å². The summed E-state index contributed by atoms with van der Waals surface area (Å²) in [6, 6.07) is 11.2. The summed E-state index contributed by atoms with van der Waals surface area (Å²) in [5.74, 6) is 7.04. The second kappa shape index (κ2) is 8.11. The number of rotatable bonds is 6. The lowest BCUT2D eigenvalue weighted by Gasteiger charge is -2.07. The maximum absolute atomic E-state index is 12.2. The Morgan fingerprint density at radius 3 is 2.50 bits per heavy atom. The molecule has 26 heavy (non-hydrogen) atoms. The van der Waals surface area contributed by atoms with Gasteiger partial charge in [-0.2, -0.15) is 8.78 Å². The van der Waals surface area contributed by atoms with E-state index in [0.29, 0.717) is 32.3 Å². The quantitative estimate of drug-likeness (QED) is 0.459. The molecule has 0 aliphatic heterocycles. The number of ether oxygens (including phenoxy) is 1. The van der Waals surface area contributed by atoms with Crippen molar-refractivity contribution in [2.75, 3.05) is 5.84 Å². The van der Waals surface area contributed by atoms with E-state index < -0.39 is 6.61 Å². The summed E-state index contributed by atoms with van der Waals surface area (Å²) in [7, 11) is 0. The van der Waals surface area contributed by atoms with Gasteiger partial charge in [0, 0.05) is 21.4 Å². The van der Waals surface area contributed by atoms with E-state index in [4.69, 9.17) is 29.0 Å². The van der Waals surface area contributed by atoms with Gasteiger partial charge in [0.1, 0.15) is 5.75 Å². The SMILES string of the molecule is Nn1c(SCc2ccc(Cl)cc2Cl)nnc1-c1ccc(OC(F)F)cc1. The van der Waals surface area contributed by atoms with Gasteiger partial charge in [-0.25, -0.2) is 4.68 Å². The summed E-state index contributed by atoms with van der Waals surface area (Å²) in [6.45, 7) is -2.87. The van der Waals surface area contributed by atoms with Gasteiger partial charge in [0.15, 0.2) is 5.82 Å². The minimum absolute atomic E-state index is 0.0545. The van der Waals surface area contributed by atoms with E-state index in [1.54, 1.807) is 24.3 Å². The highest BCUT2D eigenvalue weighted by Crippen LogP contribution is 2.29. The molecule has 0 spiro atoms. The molecule has 0 aliphatic rings. The number of thioether (sulfide) groups is 1. The lowest BCUT2D eigenvalue weighted by Crippen LogP contribution is -2.11. The molecule has 0 amide bonds. The zero-order chi connectivity index (χ0) is 18.7. The van der Waals surface area contributed by atoms with Crippen LogP contribution < -0.4 is 10.6 Å². The normalized spacial score (nSPS) is 11.1. The number of hydrogen-bond acceptors (Lipinski definition) is 5.